The molecule has 0 unspecified atom stereocenters. The number of carbonyl (C=O) groups excluding carboxylic acids is 1. The minimum atomic E-state index is -0.0705. The van der Waals surface area contributed by atoms with Gasteiger partial charge in [0.2, 0.25) is 11.9 Å². The molecule has 0 atom stereocenters. The predicted molar refractivity (Wildman–Crippen MR) is 67.6 cm³/mol. The lowest BCUT2D eigenvalue weighted by Crippen LogP contribution is -2.36. The van der Waals surface area contributed by atoms with Crippen molar-refractivity contribution in [3.63, 3.8) is 0 Å². The molecule has 2 rings (SSSR count). The highest BCUT2D eigenvalue weighted by atomic mass is 35.5. The monoisotopic (exact) mass is 272 g/mol. The number of hydrogen-bond acceptors (Lipinski definition) is 4. The van der Waals surface area contributed by atoms with Gasteiger partial charge in [0.1, 0.15) is 0 Å². The van der Waals surface area contributed by atoms with Crippen LogP contribution in [-0.4, -0.2) is 34.8 Å². The maximum atomic E-state index is 11.3. The minimum Gasteiger partial charge on any atom is -0.309 e. The number of halogens is 2. The Bertz CT molecular complexity index is 489. The van der Waals surface area contributed by atoms with E-state index in [0.717, 1.165) is 0 Å². The van der Waals surface area contributed by atoms with E-state index in [0.29, 0.717) is 34.9 Å². The van der Waals surface area contributed by atoms with Crippen LogP contribution in [0.15, 0.2) is 17.3 Å². The molecular formula is C10H10Cl2N4O. The van der Waals surface area contributed by atoms with Gasteiger partial charge < -0.3 is 5.32 Å². The van der Waals surface area contributed by atoms with Gasteiger partial charge in [-0.15, -0.1) is 0 Å². The first kappa shape index (κ1) is 12.1. The first-order valence-electron chi connectivity index (χ1n) is 4.98. The molecule has 0 radical (unpaired) electrons. The highest BCUT2D eigenvalue weighted by Crippen LogP contribution is 2.23. The largest absolute Gasteiger partial charge is 0.309 e. The molecule has 0 saturated carbocycles. The van der Waals surface area contributed by atoms with Crippen molar-refractivity contribution in [2.45, 2.75) is 6.92 Å². The fraction of sp³-hybridized carbons (Fsp3) is 0.300. The number of hydrogen-bond donors (Lipinski definition) is 1. The molecule has 0 bridgehead atoms. The van der Waals surface area contributed by atoms with E-state index < -0.39 is 0 Å². The van der Waals surface area contributed by atoms with Crippen LogP contribution >= 0.6 is 23.2 Å². The van der Waals surface area contributed by atoms with Crippen molar-refractivity contribution >= 4 is 40.9 Å². The Kier molecular flexibility index (Phi) is 3.49. The third-order valence-corrected chi connectivity index (χ3v) is 2.75. The predicted octanol–water partition coefficient (Wildman–Crippen LogP) is 2.02. The van der Waals surface area contributed by atoms with Crippen LogP contribution in [0.1, 0.15) is 6.92 Å². The molecule has 1 aromatic rings. The molecule has 5 nitrogen and oxygen atoms in total. The molecule has 1 aliphatic heterocycles. The van der Waals surface area contributed by atoms with E-state index >= 15 is 0 Å². The summed E-state index contributed by atoms with van der Waals surface area (Å²) in [5.74, 6) is 0.830. The average molecular weight is 273 g/mol. The summed E-state index contributed by atoms with van der Waals surface area (Å²) in [5, 5.41) is 3.76. The van der Waals surface area contributed by atoms with Crippen LogP contribution in [-0.2, 0) is 4.79 Å². The number of pyridine rings is 1. The summed E-state index contributed by atoms with van der Waals surface area (Å²) in [6.07, 6.45) is 1.48. The van der Waals surface area contributed by atoms with Crippen LogP contribution < -0.4 is 5.32 Å². The van der Waals surface area contributed by atoms with Gasteiger partial charge in [0.15, 0.2) is 5.82 Å². The fourth-order valence-electron chi connectivity index (χ4n) is 1.47. The molecule has 17 heavy (non-hydrogen) atoms. The van der Waals surface area contributed by atoms with E-state index in [1.165, 1.54) is 18.0 Å². The van der Waals surface area contributed by atoms with E-state index in [1.807, 2.05) is 0 Å². The number of rotatable bonds is 1. The maximum absolute atomic E-state index is 11.3. The molecule has 1 aliphatic rings. The van der Waals surface area contributed by atoms with E-state index in [9.17, 15) is 4.79 Å². The van der Waals surface area contributed by atoms with Crippen LogP contribution in [0.2, 0.25) is 10.0 Å². The summed E-state index contributed by atoms with van der Waals surface area (Å²) < 4.78 is 0. The number of guanidine groups is 1. The Hall–Kier alpha value is -1.33. The minimum absolute atomic E-state index is 0.0705. The lowest BCUT2D eigenvalue weighted by atomic mass is 10.4. The van der Waals surface area contributed by atoms with Crippen LogP contribution in [0, 0.1) is 0 Å². The van der Waals surface area contributed by atoms with Gasteiger partial charge in [0, 0.05) is 19.7 Å². The molecule has 0 spiro atoms. The Labute approximate surface area is 108 Å². The molecule has 0 aromatic carbocycles. The topological polar surface area (TPSA) is 57.6 Å². The van der Waals surface area contributed by atoms with Gasteiger partial charge in [-0.1, -0.05) is 23.2 Å². The number of anilines is 1. The highest BCUT2D eigenvalue weighted by Gasteiger charge is 2.21. The van der Waals surface area contributed by atoms with Crippen molar-refractivity contribution in [2.24, 2.45) is 4.99 Å². The molecule has 1 aromatic heterocycles. The van der Waals surface area contributed by atoms with Gasteiger partial charge in [-0.2, -0.15) is 0 Å². The van der Waals surface area contributed by atoms with Crippen molar-refractivity contribution in [1.29, 1.82) is 0 Å². The molecule has 0 saturated heterocycles. The molecule has 1 amide bonds. The number of amides is 1. The Balaban J connectivity index is 2.18. The standard InChI is InChI=1S/C10H10Cl2N4O/c1-6(17)16-3-2-13-10(16)15-9-8(12)4-7(11)5-14-9/h4-5H,2-3H2,1H3,(H,13,14,15). The van der Waals surface area contributed by atoms with Crippen LogP contribution in [0.4, 0.5) is 5.82 Å². The zero-order valence-electron chi connectivity index (χ0n) is 9.07. The van der Waals surface area contributed by atoms with Gasteiger partial charge in [0.25, 0.3) is 0 Å². The number of nitrogens with zero attached hydrogens (tertiary/aromatic N) is 3. The Morgan fingerprint density at radius 1 is 1.53 bits per heavy atom. The first-order chi connectivity index (χ1) is 8.08. The van der Waals surface area contributed by atoms with Crippen LogP contribution in [0.25, 0.3) is 0 Å². The van der Waals surface area contributed by atoms with E-state index in [4.69, 9.17) is 23.2 Å². The second kappa shape index (κ2) is 4.89. The maximum Gasteiger partial charge on any atom is 0.226 e. The Morgan fingerprint density at radius 3 is 2.94 bits per heavy atom. The summed E-state index contributed by atoms with van der Waals surface area (Å²) >= 11 is 11.7. The molecule has 7 heteroatoms. The van der Waals surface area contributed by atoms with Gasteiger partial charge in [0.05, 0.1) is 16.6 Å². The third-order valence-electron chi connectivity index (χ3n) is 2.26. The second-order valence-electron chi connectivity index (χ2n) is 3.48. The third kappa shape index (κ3) is 2.68. The summed E-state index contributed by atoms with van der Waals surface area (Å²) in [6, 6.07) is 1.58. The highest BCUT2D eigenvalue weighted by molar-refractivity contribution is 6.36. The first-order valence-corrected chi connectivity index (χ1v) is 5.74. The lowest BCUT2D eigenvalue weighted by molar-refractivity contribution is -0.124. The zero-order valence-corrected chi connectivity index (χ0v) is 10.6. The fourth-order valence-corrected chi connectivity index (χ4v) is 1.90. The number of aromatic nitrogens is 1. The zero-order chi connectivity index (χ0) is 12.4. The van der Waals surface area contributed by atoms with Gasteiger partial charge in [-0.25, -0.2) is 4.98 Å². The molecule has 0 fully saturated rings. The van der Waals surface area contributed by atoms with Crippen molar-refractivity contribution < 1.29 is 4.79 Å². The van der Waals surface area contributed by atoms with Gasteiger partial charge in [-0.3, -0.25) is 14.7 Å². The quantitative estimate of drug-likeness (QED) is 0.851. The van der Waals surface area contributed by atoms with Crippen LogP contribution in [0.5, 0.6) is 0 Å². The summed E-state index contributed by atoms with van der Waals surface area (Å²) in [5.41, 5.74) is 0. The summed E-state index contributed by atoms with van der Waals surface area (Å²) in [7, 11) is 0. The average Bonchev–Trinajstić information content (AvgIpc) is 2.70. The van der Waals surface area contributed by atoms with Crippen molar-refractivity contribution in [1.82, 2.24) is 9.88 Å². The SMILES string of the molecule is CC(=O)N1CCN=C1Nc1ncc(Cl)cc1Cl. The molecule has 1 N–H and O–H groups in total. The van der Waals surface area contributed by atoms with Crippen molar-refractivity contribution in [3.05, 3.63) is 22.3 Å². The number of carbonyl (C=O) groups is 1. The smallest absolute Gasteiger partial charge is 0.226 e. The van der Waals surface area contributed by atoms with Crippen molar-refractivity contribution in [2.75, 3.05) is 18.4 Å². The van der Waals surface area contributed by atoms with Gasteiger partial charge in [-0.05, 0) is 6.07 Å². The molecular weight excluding hydrogens is 263 g/mol. The molecule has 0 aliphatic carbocycles. The van der Waals surface area contributed by atoms with Crippen molar-refractivity contribution in [3.8, 4) is 0 Å². The second-order valence-corrected chi connectivity index (χ2v) is 4.33. The van der Waals surface area contributed by atoms with Gasteiger partial charge >= 0.3 is 0 Å². The number of nitrogens with one attached hydrogen (secondary N) is 1. The molecule has 90 valence electrons. The lowest BCUT2D eigenvalue weighted by Gasteiger charge is -2.17. The summed E-state index contributed by atoms with van der Waals surface area (Å²) in [6.45, 7) is 2.63. The molecule has 2 heterocycles. The Morgan fingerprint density at radius 2 is 2.29 bits per heavy atom. The normalized spacial score (nSPS) is 14.8. The van der Waals surface area contributed by atoms with Crippen LogP contribution in [0.3, 0.4) is 0 Å². The summed E-state index contributed by atoms with van der Waals surface area (Å²) in [4.78, 5) is 21.1. The van der Waals surface area contributed by atoms with E-state index in [1.54, 1.807) is 6.07 Å². The number of aliphatic imine (C=N–C) groups is 1. The van der Waals surface area contributed by atoms with E-state index in [2.05, 4.69) is 15.3 Å². The van der Waals surface area contributed by atoms with E-state index in [-0.39, 0.29) is 5.91 Å².